The smallest absolute Gasteiger partial charge is 0.140 e. The van der Waals surface area contributed by atoms with Crippen LogP contribution in [0.25, 0.3) is 0 Å². The Morgan fingerprint density at radius 1 is 1.43 bits per heavy atom. The van der Waals surface area contributed by atoms with Gasteiger partial charge in [0.1, 0.15) is 5.82 Å². The average Bonchev–Trinajstić information content (AvgIpc) is 2.62. The Morgan fingerprint density at radius 2 is 2.14 bits per heavy atom. The molecule has 1 N–H and O–H groups in total. The lowest BCUT2D eigenvalue weighted by atomic mass is 10.2. The predicted molar refractivity (Wildman–Crippen MR) is 62.6 cm³/mol. The molecule has 14 heavy (non-hydrogen) atoms. The molecule has 1 aliphatic carbocycles. The van der Waals surface area contributed by atoms with E-state index >= 15 is 0 Å². The van der Waals surface area contributed by atoms with Crippen molar-refractivity contribution in [1.82, 2.24) is 4.98 Å². The molecule has 0 amide bonds. The van der Waals surface area contributed by atoms with Gasteiger partial charge in [0.15, 0.2) is 0 Å². The zero-order valence-electron chi connectivity index (χ0n) is 8.39. The third kappa shape index (κ3) is 2.27. The summed E-state index contributed by atoms with van der Waals surface area (Å²) in [6, 6.07) is 2.73. The van der Waals surface area contributed by atoms with Crippen molar-refractivity contribution in [2.45, 2.75) is 38.6 Å². The SMILES string of the molecule is Cc1cnc(NC2CCCC2)c(Br)c1. The molecular formula is C11H15BrN2. The van der Waals surface area contributed by atoms with Gasteiger partial charge in [-0.1, -0.05) is 12.8 Å². The number of pyridine rings is 1. The number of rotatable bonds is 2. The minimum atomic E-state index is 0.626. The van der Waals surface area contributed by atoms with Gasteiger partial charge in [0.2, 0.25) is 0 Å². The first-order valence-corrected chi connectivity index (χ1v) is 5.93. The van der Waals surface area contributed by atoms with Gasteiger partial charge in [0.25, 0.3) is 0 Å². The Hall–Kier alpha value is -0.570. The van der Waals surface area contributed by atoms with E-state index in [1.54, 1.807) is 0 Å². The van der Waals surface area contributed by atoms with Crippen molar-refractivity contribution in [2.24, 2.45) is 0 Å². The van der Waals surface area contributed by atoms with E-state index in [1.165, 1.54) is 31.2 Å². The van der Waals surface area contributed by atoms with Gasteiger partial charge < -0.3 is 5.32 Å². The van der Waals surface area contributed by atoms with Crippen molar-refractivity contribution in [2.75, 3.05) is 5.32 Å². The van der Waals surface area contributed by atoms with Gasteiger partial charge in [-0.05, 0) is 47.3 Å². The molecule has 1 heterocycles. The van der Waals surface area contributed by atoms with E-state index in [0.29, 0.717) is 6.04 Å². The fourth-order valence-electron chi connectivity index (χ4n) is 1.90. The molecule has 0 spiro atoms. The normalized spacial score (nSPS) is 17.3. The highest BCUT2D eigenvalue weighted by molar-refractivity contribution is 9.10. The van der Waals surface area contributed by atoms with Crippen LogP contribution in [0.15, 0.2) is 16.7 Å². The number of halogens is 1. The van der Waals surface area contributed by atoms with Crippen LogP contribution in [0.5, 0.6) is 0 Å². The number of nitrogens with zero attached hydrogens (tertiary/aromatic N) is 1. The second-order valence-electron chi connectivity index (χ2n) is 3.97. The van der Waals surface area contributed by atoms with Crippen LogP contribution in [0.2, 0.25) is 0 Å². The second-order valence-corrected chi connectivity index (χ2v) is 4.82. The third-order valence-corrected chi connectivity index (χ3v) is 3.28. The molecular weight excluding hydrogens is 240 g/mol. The predicted octanol–water partition coefficient (Wildman–Crippen LogP) is 3.51. The first-order chi connectivity index (χ1) is 6.75. The van der Waals surface area contributed by atoms with Crippen LogP contribution in [0.1, 0.15) is 31.2 Å². The Morgan fingerprint density at radius 3 is 2.79 bits per heavy atom. The maximum absolute atomic E-state index is 4.38. The molecule has 1 aromatic rings. The fourth-order valence-corrected chi connectivity index (χ4v) is 2.48. The molecule has 3 heteroatoms. The quantitative estimate of drug-likeness (QED) is 0.874. The lowest BCUT2D eigenvalue weighted by Gasteiger charge is -2.13. The highest BCUT2D eigenvalue weighted by atomic mass is 79.9. The summed E-state index contributed by atoms with van der Waals surface area (Å²) in [6.45, 7) is 2.05. The number of hydrogen-bond acceptors (Lipinski definition) is 2. The second kappa shape index (κ2) is 4.30. The van der Waals surface area contributed by atoms with Crippen molar-refractivity contribution >= 4 is 21.7 Å². The van der Waals surface area contributed by atoms with Gasteiger partial charge in [0.05, 0.1) is 4.47 Å². The van der Waals surface area contributed by atoms with Crippen molar-refractivity contribution in [3.8, 4) is 0 Å². The standard InChI is InChI=1S/C11H15BrN2/c1-8-6-10(12)11(13-7-8)14-9-4-2-3-5-9/h6-7,9H,2-5H2,1H3,(H,13,14). The highest BCUT2D eigenvalue weighted by Gasteiger charge is 2.15. The molecule has 1 fully saturated rings. The zero-order valence-corrected chi connectivity index (χ0v) is 9.97. The van der Waals surface area contributed by atoms with Crippen LogP contribution in [0, 0.1) is 6.92 Å². The van der Waals surface area contributed by atoms with E-state index in [-0.39, 0.29) is 0 Å². The summed E-state index contributed by atoms with van der Waals surface area (Å²) >= 11 is 3.53. The van der Waals surface area contributed by atoms with Crippen LogP contribution < -0.4 is 5.32 Å². The van der Waals surface area contributed by atoms with Gasteiger partial charge in [-0.2, -0.15) is 0 Å². The van der Waals surface area contributed by atoms with E-state index in [0.717, 1.165) is 10.3 Å². The summed E-state index contributed by atoms with van der Waals surface area (Å²) in [5.74, 6) is 0.988. The molecule has 2 rings (SSSR count). The largest absolute Gasteiger partial charge is 0.366 e. The van der Waals surface area contributed by atoms with Crippen LogP contribution in [-0.2, 0) is 0 Å². The van der Waals surface area contributed by atoms with Crippen molar-refractivity contribution in [3.05, 3.63) is 22.3 Å². The lowest BCUT2D eigenvalue weighted by Crippen LogP contribution is -2.15. The molecule has 76 valence electrons. The van der Waals surface area contributed by atoms with Gasteiger partial charge in [-0.15, -0.1) is 0 Å². The summed E-state index contributed by atoms with van der Waals surface area (Å²) in [6.07, 6.45) is 7.16. The molecule has 0 aliphatic heterocycles. The Bertz CT molecular complexity index is 319. The highest BCUT2D eigenvalue weighted by Crippen LogP contribution is 2.26. The molecule has 1 aromatic heterocycles. The van der Waals surface area contributed by atoms with E-state index in [1.807, 2.05) is 6.20 Å². The molecule has 1 saturated carbocycles. The zero-order chi connectivity index (χ0) is 9.97. The van der Waals surface area contributed by atoms with E-state index in [4.69, 9.17) is 0 Å². The van der Waals surface area contributed by atoms with Gasteiger partial charge >= 0.3 is 0 Å². The minimum Gasteiger partial charge on any atom is -0.366 e. The molecule has 0 aromatic carbocycles. The monoisotopic (exact) mass is 254 g/mol. The van der Waals surface area contributed by atoms with Gasteiger partial charge in [0, 0.05) is 12.2 Å². The van der Waals surface area contributed by atoms with Crippen LogP contribution in [0.4, 0.5) is 5.82 Å². The number of aromatic nitrogens is 1. The molecule has 0 saturated heterocycles. The average molecular weight is 255 g/mol. The van der Waals surface area contributed by atoms with Crippen molar-refractivity contribution < 1.29 is 0 Å². The van der Waals surface area contributed by atoms with Crippen LogP contribution in [0.3, 0.4) is 0 Å². The number of aryl methyl sites for hydroxylation is 1. The summed E-state index contributed by atoms with van der Waals surface area (Å²) in [4.78, 5) is 4.38. The molecule has 2 nitrogen and oxygen atoms in total. The van der Waals surface area contributed by atoms with E-state index in [2.05, 4.69) is 39.2 Å². The molecule has 0 atom stereocenters. The summed E-state index contributed by atoms with van der Waals surface area (Å²) in [5.41, 5.74) is 1.19. The topological polar surface area (TPSA) is 24.9 Å². The van der Waals surface area contributed by atoms with E-state index in [9.17, 15) is 0 Å². The first kappa shape index (κ1) is 9.97. The minimum absolute atomic E-state index is 0.626. The van der Waals surface area contributed by atoms with Gasteiger partial charge in [-0.3, -0.25) is 0 Å². The number of nitrogens with one attached hydrogen (secondary N) is 1. The number of hydrogen-bond donors (Lipinski definition) is 1. The summed E-state index contributed by atoms with van der Waals surface area (Å²) in [5, 5.41) is 3.48. The fraction of sp³-hybridized carbons (Fsp3) is 0.545. The van der Waals surface area contributed by atoms with Crippen molar-refractivity contribution in [1.29, 1.82) is 0 Å². The molecule has 1 aliphatic rings. The Balaban J connectivity index is 2.08. The summed E-state index contributed by atoms with van der Waals surface area (Å²) < 4.78 is 1.07. The lowest BCUT2D eigenvalue weighted by molar-refractivity contribution is 0.749. The van der Waals surface area contributed by atoms with Crippen LogP contribution >= 0.6 is 15.9 Å². The van der Waals surface area contributed by atoms with E-state index < -0.39 is 0 Å². The van der Waals surface area contributed by atoms with Crippen molar-refractivity contribution in [3.63, 3.8) is 0 Å². The molecule has 0 unspecified atom stereocenters. The molecule has 0 radical (unpaired) electrons. The Kier molecular flexibility index (Phi) is 3.06. The third-order valence-electron chi connectivity index (χ3n) is 2.67. The first-order valence-electron chi connectivity index (χ1n) is 5.14. The molecule has 0 bridgehead atoms. The van der Waals surface area contributed by atoms with Crippen LogP contribution in [-0.4, -0.2) is 11.0 Å². The maximum Gasteiger partial charge on any atom is 0.140 e. The maximum atomic E-state index is 4.38. The Labute approximate surface area is 93.3 Å². The van der Waals surface area contributed by atoms with Gasteiger partial charge in [-0.25, -0.2) is 4.98 Å². The number of anilines is 1. The summed E-state index contributed by atoms with van der Waals surface area (Å²) in [7, 11) is 0.